The molecule has 1 unspecified atom stereocenters. The van der Waals surface area contributed by atoms with Crippen molar-refractivity contribution in [1.82, 2.24) is 29.0 Å². The van der Waals surface area contributed by atoms with Gasteiger partial charge in [-0.1, -0.05) is 0 Å². The number of rotatable bonds is 8. The molecule has 1 aliphatic rings. The third-order valence-electron chi connectivity index (χ3n) is 5.76. The van der Waals surface area contributed by atoms with Crippen LogP contribution in [0.25, 0.3) is 10.6 Å². The van der Waals surface area contributed by atoms with Crippen molar-refractivity contribution in [3.05, 3.63) is 34.9 Å². The topological polar surface area (TPSA) is 135 Å². The minimum Gasteiger partial charge on any atom is -0.386 e. The zero-order valence-electron chi connectivity index (χ0n) is 20.2. The van der Waals surface area contributed by atoms with Crippen LogP contribution in [0.3, 0.4) is 0 Å². The van der Waals surface area contributed by atoms with Gasteiger partial charge in [-0.2, -0.15) is 22.6 Å². The monoisotopic (exact) mass is 561 g/mol. The highest BCUT2D eigenvalue weighted by Crippen LogP contribution is 2.39. The zero-order chi connectivity index (χ0) is 27.0. The van der Waals surface area contributed by atoms with Gasteiger partial charge < -0.3 is 15.2 Å². The van der Waals surface area contributed by atoms with E-state index in [1.807, 2.05) is 0 Å². The summed E-state index contributed by atoms with van der Waals surface area (Å²) in [6, 6.07) is -0.252. The quantitative estimate of drug-likeness (QED) is 0.426. The summed E-state index contributed by atoms with van der Waals surface area (Å²) < 4.78 is 75.1. The van der Waals surface area contributed by atoms with Crippen molar-refractivity contribution in [3.63, 3.8) is 0 Å². The minimum atomic E-state index is -4.68. The molecular weight excluding hydrogens is 535 g/mol. The third-order valence-corrected chi connectivity index (χ3v) is 8.88. The number of aromatic nitrogens is 5. The van der Waals surface area contributed by atoms with Gasteiger partial charge in [-0.05, 0) is 19.8 Å². The van der Waals surface area contributed by atoms with Crippen molar-refractivity contribution < 1.29 is 31.4 Å². The molecule has 0 amide bonds. The Balaban J connectivity index is 1.50. The highest BCUT2D eigenvalue weighted by Gasteiger charge is 2.37. The molecule has 1 fully saturated rings. The summed E-state index contributed by atoms with van der Waals surface area (Å²) in [5, 5.41) is 17.2. The van der Waals surface area contributed by atoms with E-state index in [1.54, 1.807) is 7.05 Å². The van der Waals surface area contributed by atoms with Crippen molar-refractivity contribution >= 4 is 27.3 Å². The summed E-state index contributed by atoms with van der Waals surface area (Å²) in [4.78, 5) is 12.2. The molecule has 4 rings (SSSR count). The first-order valence-corrected chi connectivity index (χ1v) is 13.5. The Hall–Kier alpha value is -2.66. The number of nitrogens with zero attached hydrogens (tertiary/aromatic N) is 6. The first-order chi connectivity index (χ1) is 17.4. The first-order valence-electron chi connectivity index (χ1n) is 11.3. The molecule has 0 aromatic carbocycles. The van der Waals surface area contributed by atoms with E-state index in [2.05, 4.69) is 25.4 Å². The van der Waals surface area contributed by atoms with Gasteiger partial charge in [0.15, 0.2) is 0 Å². The van der Waals surface area contributed by atoms with Crippen LogP contribution >= 0.6 is 11.3 Å². The number of piperidine rings is 1. The van der Waals surface area contributed by atoms with Gasteiger partial charge in [-0.25, -0.2) is 23.4 Å². The minimum absolute atomic E-state index is 0.00838. The Morgan fingerprint density at radius 3 is 2.57 bits per heavy atom. The van der Waals surface area contributed by atoms with Crippen molar-refractivity contribution in [2.75, 3.05) is 25.5 Å². The van der Waals surface area contributed by atoms with Crippen LogP contribution < -0.4 is 5.32 Å². The molecule has 0 spiro atoms. The fraction of sp³-hybridized carbons (Fsp3) is 0.524. The van der Waals surface area contributed by atoms with Gasteiger partial charge in [0.2, 0.25) is 16.0 Å². The number of thiazole rings is 1. The number of aryl methyl sites for hydroxylation is 1. The first kappa shape index (κ1) is 27.4. The molecule has 1 saturated heterocycles. The maximum Gasteiger partial charge on any atom is 0.420 e. The molecule has 3 aromatic rings. The second-order valence-corrected chi connectivity index (χ2v) is 11.5. The lowest BCUT2D eigenvalue weighted by Crippen LogP contribution is -2.42. The van der Waals surface area contributed by atoms with Crippen molar-refractivity contribution in [2.45, 2.75) is 49.6 Å². The van der Waals surface area contributed by atoms with Crippen LogP contribution in [0, 0.1) is 0 Å². The average Bonchev–Trinajstić information content (AvgIpc) is 3.46. The molecule has 1 atom stereocenters. The Labute approximate surface area is 215 Å². The molecule has 202 valence electrons. The summed E-state index contributed by atoms with van der Waals surface area (Å²) >= 11 is 0.918. The van der Waals surface area contributed by atoms with Gasteiger partial charge in [0.1, 0.15) is 27.3 Å². The molecule has 11 nitrogen and oxygen atoms in total. The lowest BCUT2D eigenvalue weighted by atomic mass is 10.1. The summed E-state index contributed by atoms with van der Waals surface area (Å²) in [5.41, 5.74) is -1.03. The Bertz CT molecular complexity index is 1350. The number of alkyl halides is 3. The predicted octanol–water partition coefficient (Wildman–Crippen LogP) is 2.82. The van der Waals surface area contributed by atoms with Gasteiger partial charge in [-0.3, -0.25) is 4.68 Å². The summed E-state index contributed by atoms with van der Waals surface area (Å²) in [6.45, 7) is 1.92. The molecule has 4 heterocycles. The van der Waals surface area contributed by atoms with E-state index in [1.165, 1.54) is 35.4 Å². The maximum absolute atomic E-state index is 13.6. The molecule has 1 aliphatic heterocycles. The van der Waals surface area contributed by atoms with Crippen molar-refractivity contribution in [3.8, 4) is 10.6 Å². The molecule has 0 radical (unpaired) electrons. The van der Waals surface area contributed by atoms with E-state index >= 15 is 0 Å². The van der Waals surface area contributed by atoms with Crippen LogP contribution in [-0.4, -0.2) is 68.8 Å². The fourth-order valence-corrected chi connectivity index (χ4v) is 6.48. The van der Waals surface area contributed by atoms with Crippen LogP contribution in [0.15, 0.2) is 23.5 Å². The highest BCUT2D eigenvalue weighted by molar-refractivity contribution is 7.89. The Morgan fingerprint density at radius 2 is 1.97 bits per heavy atom. The predicted molar refractivity (Wildman–Crippen MR) is 128 cm³/mol. The number of aliphatic hydroxyl groups excluding tert-OH is 1. The van der Waals surface area contributed by atoms with Gasteiger partial charge >= 0.3 is 6.18 Å². The van der Waals surface area contributed by atoms with Gasteiger partial charge in [0.25, 0.3) is 0 Å². The number of nitrogens with one attached hydrogen (secondary N) is 1. The van der Waals surface area contributed by atoms with E-state index in [0.717, 1.165) is 11.3 Å². The summed E-state index contributed by atoms with van der Waals surface area (Å²) in [6.07, 6.45) is -1.42. The molecular formula is C21H26F3N7O4S2. The second-order valence-electron chi connectivity index (χ2n) is 8.56. The van der Waals surface area contributed by atoms with Crippen molar-refractivity contribution in [2.24, 2.45) is 7.05 Å². The lowest BCUT2D eigenvalue weighted by Gasteiger charge is -2.31. The maximum atomic E-state index is 13.6. The van der Waals surface area contributed by atoms with E-state index in [-0.39, 0.29) is 52.2 Å². The Kier molecular flexibility index (Phi) is 7.85. The standard InChI is InChI=1S/C21H26F3N7O4S2/c1-12(32)19-25-9-16(36-19)18-14(21(22,23)24)8-26-20(28-18)27-13-4-6-31(7-5-13)37(33,34)17-10-30(2)29-15(17)11-35-3/h8-10,12-13,32H,4-7,11H2,1-3H3,(H,26,27,28). The number of methoxy groups -OCH3 is 1. The molecule has 0 saturated carbocycles. The van der Waals surface area contributed by atoms with Gasteiger partial charge in [0, 0.05) is 51.9 Å². The van der Waals surface area contributed by atoms with Crippen LogP contribution in [-0.2, 0) is 34.6 Å². The molecule has 0 bridgehead atoms. The number of aliphatic hydroxyl groups is 1. The van der Waals surface area contributed by atoms with Crippen LogP contribution in [0.1, 0.15) is 42.1 Å². The van der Waals surface area contributed by atoms with E-state index in [4.69, 9.17) is 4.74 Å². The van der Waals surface area contributed by atoms with Gasteiger partial charge in [0.05, 0.1) is 17.2 Å². The lowest BCUT2D eigenvalue weighted by molar-refractivity contribution is -0.137. The summed E-state index contributed by atoms with van der Waals surface area (Å²) in [7, 11) is -0.714. The third kappa shape index (κ3) is 5.93. The molecule has 16 heteroatoms. The number of hydrogen-bond donors (Lipinski definition) is 2. The number of ether oxygens (including phenoxy) is 1. The van der Waals surface area contributed by atoms with Crippen LogP contribution in [0.4, 0.5) is 19.1 Å². The normalized spacial score (nSPS) is 16.7. The molecule has 0 aliphatic carbocycles. The number of sulfonamides is 1. The van der Waals surface area contributed by atoms with E-state index in [0.29, 0.717) is 24.7 Å². The highest BCUT2D eigenvalue weighted by atomic mass is 32.2. The molecule has 37 heavy (non-hydrogen) atoms. The number of hydrogen-bond acceptors (Lipinski definition) is 10. The number of halogens is 3. The SMILES string of the molecule is COCc1nn(C)cc1S(=O)(=O)N1CCC(Nc2ncc(C(F)(F)F)c(-c3cnc(C(C)O)s3)n2)CC1. The second kappa shape index (κ2) is 10.6. The average molecular weight is 562 g/mol. The Morgan fingerprint density at radius 1 is 1.27 bits per heavy atom. The summed E-state index contributed by atoms with van der Waals surface area (Å²) in [5.74, 6) is -0.00838. The smallest absolute Gasteiger partial charge is 0.386 e. The number of anilines is 1. The zero-order valence-corrected chi connectivity index (χ0v) is 21.9. The largest absolute Gasteiger partial charge is 0.420 e. The van der Waals surface area contributed by atoms with Crippen molar-refractivity contribution in [1.29, 1.82) is 0 Å². The van der Waals surface area contributed by atoms with E-state index in [9.17, 15) is 26.7 Å². The van der Waals surface area contributed by atoms with Gasteiger partial charge in [-0.15, -0.1) is 11.3 Å². The molecule has 3 aromatic heterocycles. The van der Waals surface area contributed by atoms with Crippen LogP contribution in [0.2, 0.25) is 0 Å². The molecule has 2 N–H and O–H groups in total. The van der Waals surface area contributed by atoms with E-state index < -0.39 is 27.9 Å². The fourth-order valence-electron chi connectivity index (χ4n) is 3.96. The van der Waals surface area contributed by atoms with Crippen LogP contribution in [0.5, 0.6) is 0 Å².